The van der Waals surface area contributed by atoms with Crippen molar-refractivity contribution >= 4 is 23.0 Å². The Bertz CT molecular complexity index is 1100. The number of anilines is 1. The molecule has 4 bridgehead atoms. The highest BCUT2D eigenvalue weighted by atomic mass is 16.4. The normalized spacial score (nSPS) is 39.0. The molecule has 0 amide bonds. The largest absolute Gasteiger partial charge is 0.480 e. The summed E-state index contributed by atoms with van der Waals surface area (Å²) in [5.41, 5.74) is 2.19. The SMILES string of the molecule is CC1C[C@@H]2CC(N3[C@@H]4CCC[C@H]3CC(n3c(N5CCC[C@H]5C(=O)O)nc5ccccc53)C4)C[C@H](C1)C2. The summed E-state index contributed by atoms with van der Waals surface area (Å²) in [6, 6.07) is 10.5. The van der Waals surface area contributed by atoms with Crippen LogP contribution in [0.4, 0.5) is 5.95 Å². The van der Waals surface area contributed by atoms with Crippen LogP contribution in [0, 0.1) is 17.8 Å². The van der Waals surface area contributed by atoms with Gasteiger partial charge in [-0.3, -0.25) is 4.90 Å². The minimum Gasteiger partial charge on any atom is -0.480 e. The Balaban J connectivity index is 1.20. The minimum atomic E-state index is -0.713. The van der Waals surface area contributed by atoms with Crippen molar-refractivity contribution < 1.29 is 9.90 Å². The number of aliphatic carboxylic acids is 1. The van der Waals surface area contributed by atoms with Gasteiger partial charge in [0.25, 0.3) is 0 Å². The van der Waals surface area contributed by atoms with Crippen molar-refractivity contribution in [2.45, 2.75) is 114 Å². The third-order valence-electron chi connectivity index (χ3n) is 10.5. The molecule has 2 aromatic rings. The number of carboxylic acid groups (broad SMARTS) is 1. The van der Waals surface area contributed by atoms with Crippen LogP contribution < -0.4 is 4.90 Å². The van der Waals surface area contributed by atoms with E-state index in [2.05, 4.69) is 45.6 Å². The van der Waals surface area contributed by atoms with Gasteiger partial charge in [0.15, 0.2) is 0 Å². The number of piperidine rings is 2. The Morgan fingerprint density at radius 2 is 1.58 bits per heavy atom. The lowest BCUT2D eigenvalue weighted by Gasteiger charge is -2.56. The van der Waals surface area contributed by atoms with E-state index >= 15 is 0 Å². The summed E-state index contributed by atoms with van der Waals surface area (Å²) in [5, 5.41) is 9.93. The van der Waals surface area contributed by atoms with E-state index in [0.29, 0.717) is 24.5 Å². The van der Waals surface area contributed by atoms with Crippen LogP contribution in [0.5, 0.6) is 0 Å². The molecule has 1 aromatic carbocycles. The second kappa shape index (κ2) is 9.04. The number of aromatic nitrogens is 2. The van der Waals surface area contributed by atoms with Crippen LogP contribution in [0.3, 0.4) is 0 Å². The van der Waals surface area contributed by atoms with E-state index in [1.165, 1.54) is 69.7 Å². The van der Waals surface area contributed by atoms with E-state index in [0.717, 1.165) is 48.2 Å². The van der Waals surface area contributed by atoms with Gasteiger partial charge >= 0.3 is 5.97 Å². The summed E-state index contributed by atoms with van der Waals surface area (Å²) < 4.78 is 2.47. The van der Waals surface area contributed by atoms with Crippen LogP contribution in [0.15, 0.2) is 24.3 Å². The molecular formula is C30H42N4O2. The summed E-state index contributed by atoms with van der Waals surface area (Å²) in [7, 11) is 0. The molecule has 5 fully saturated rings. The van der Waals surface area contributed by atoms with E-state index in [1.807, 2.05) is 0 Å². The van der Waals surface area contributed by atoms with Gasteiger partial charge in [-0.25, -0.2) is 9.78 Å². The summed E-state index contributed by atoms with van der Waals surface area (Å²) in [6.07, 6.45) is 15.2. The van der Waals surface area contributed by atoms with Crippen LogP contribution in [0.25, 0.3) is 11.0 Å². The highest BCUT2D eigenvalue weighted by Crippen LogP contribution is 2.49. The van der Waals surface area contributed by atoms with E-state index in [4.69, 9.17) is 4.98 Å². The molecule has 2 aliphatic carbocycles. The molecule has 4 heterocycles. The predicted molar refractivity (Wildman–Crippen MR) is 142 cm³/mol. The molecular weight excluding hydrogens is 448 g/mol. The first kappa shape index (κ1) is 23.1. The van der Waals surface area contributed by atoms with E-state index < -0.39 is 12.0 Å². The van der Waals surface area contributed by atoms with Crippen LogP contribution in [0.1, 0.15) is 90.0 Å². The average molecular weight is 491 g/mol. The van der Waals surface area contributed by atoms with Crippen molar-refractivity contribution in [3.8, 4) is 0 Å². The monoisotopic (exact) mass is 490 g/mol. The summed E-state index contributed by atoms with van der Waals surface area (Å²) in [6.45, 7) is 3.26. The number of fused-ring (bicyclic) bond motifs is 5. The molecule has 6 nitrogen and oxygen atoms in total. The van der Waals surface area contributed by atoms with Gasteiger partial charge < -0.3 is 14.6 Å². The van der Waals surface area contributed by atoms with Crippen molar-refractivity contribution in [1.29, 1.82) is 0 Å². The molecule has 36 heavy (non-hydrogen) atoms. The number of hydrogen-bond acceptors (Lipinski definition) is 4. The number of imidazole rings is 1. The molecule has 1 aromatic heterocycles. The lowest BCUT2D eigenvalue weighted by atomic mass is 9.65. The second-order valence-corrected chi connectivity index (χ2v) is 12.9. The van der Waals surface area contributed by atoms with E-state index in [1.54, 1.807) is 0 Å². The molecule has 6 heteroatoms. The maximum Gasteiger partial charge on any atom is 0.326 e. The lowest BCUT2D eigenvalue weighted by molar-refractivity contribution is -0.138. The molecule has 3 unspecified atom stereocenters. The number of rotatable bonds is 4. The minimum absolute atomic E-state index is 0.400. The van der Waals surface area contributed by atoms with Gasteiger partial charge in [0, 0.05) is 30.7 Å². The molecule has 3 saturated heterocycles. The van der Waals surface area contributed by atoms with Gasteiger partial charge in [-0.1, -0.05) is 25.5 Å². The zero-order chi connectivity index (χ0) is 24.4. The van der Waals surface area contributed by atoms with Gasteiger partial charge in [-0.15, -0.1) is 0 Å². The molecule has 5 aliphatic rings. The first-order chi connectivity index (χ1) is 17.5. The molecule has 194 valence electrons. The van der Waals surface area contributed by atoms with Crippen LogP contribution in [0.2, 0.25) is 0 Å². The Morgan fingerprint density at radius 1 is 0.861 bits per heavy atom. The first-order valence-corrected chi connectivity index (χ1v) is 14.8. The smallest absolute Gasteiger partial charge is 0.326 e. The fourth-order valence-electron chi connectivity index (χ4n) is 9.45. The summed E-state index contributed by atoms with van der Waals surface area (Å²) >= 11 is 0. The number of nitrogens with zero attached hydrogens (tertiary/aromatic N) is 4. The molecule has 2 saturated carbocycles. The highest BCUT2D eigenvalue weighted by Gasteiger charge is 2.46. The first-order valence-electron chi connectivity index (χ1n) is 14.8. The zero-order valence-corrected chi connectivity index (χ0v) is 21.8. The van der Waals surface area contributed by atoms with Crippen LogP contribution in [-0.2, 0) is 4.79 Å². The fourth-order valence-corrected chi connectivity index (χ4v) is 9.45. The van der Waals surface area contributed by atoms with Gasteiger partial charge in [-0.2, -0.15) is 0 Å². The van der Waals surface area contributed by atoms with E-state index in [9.17, 15) is 9.90 Å². The zero-order valence-electron chi connectivity index (χ0n) is 21.8. The molecule has 3 aliphatic heterocycles. The third-order valence-corrected chi connectivity index (χ3v) is 10.5. The summed E-state index contributed by atoms with van der Waals surface area (Å²) in [5.74, 6) is 3.01. The van der Waals surface area contributed by atoms with Crippen LogP contribution >= 0.6 is 0 Å². The maximum absolute atomic E-state index is 12.1. The van der Waals surface area contributed by atoms with Gasteiger partial charge in [0.1, 0.15) is 6.04 Å². The topological polar surface area (TPSA) is 61.6 Å². The second-order valence-electron chi connectivity index (χ2n) is 12.9. The standard InChI is InChI=1S/C30H42N4O2/c1-19-12-20-14-21(13-19)16-24(15-20)33-22-6-4-7-23(33)18-25(17-22)34-27-9-3-2-8-26(27)31-30(34)32-11-5-10-28(32)29(35)36/h2-3,8-9,19-25,28H,4-7,10-18H2,1H3,(H,35,36)/t19?,20-,21+,22-,23+,24?,25?,28-/m0/s1. The van der Waals surface area contributed by atoms with Gasteiger partial charge in [-0.05, 0) is 101 Å². The van der Waals surface area contributed by atoms with Crippen molar-refractivity contribution in [1.82, 2.24) is 14.5 Å². The third kappa shape index (κ3) is 3.86. The summed E-state index contributed by atoms with van der Waals surface area (Å²) in [4.78, 5) is 22.3. The number of hydrogen-bond donors (Lipinski definition) is 1. The number of para-hydroxylation sites is 2. The fraction of sp³-hybridized carbons (Fsp3) is 0.733. The quantitative estimate of drug-likeness (QED) is 0.581. The lowest BCUT2D eigenvalue weighted by Crippen LogP contribution is -2.58. The molecule has 0 spiro atoms. The Labute approximate surface area is 215 Å². The Hall–Kier alpha value is -2.08. The maximum atomic E-state index is 12.1. The average Bonchev–Trinajstić information content (AvgIpc) is 3.47. The molecule has 1 N–H and O–H groups in total. The van der Waals surface area contributed by atoms with Crippen molar-refractivity contribution in [2.75, 3.05) is 11.4 Å². The Morgan fingerprint density at radius 3 is 2.31 bits per heavy atom. The highest BCUT2D eigenvalue weighted by molar-refractivity contribution is 5.82. The predicted octanol–water partition coefficient (Wildman–Crippen LogP) is 5.86. The van der Waals surface area contributed by atoms with Gasteiger partial charge in [0.05, 0.1) is 11.0 Å². The van der Waals surface area contributed by atoms with Crippen molar-refractivity contribution in [2.24, 2.45) is 17.8 Å². The van der Waals surface area contributed by atoms with Crippen LogP contribution in [-0.4, -0.2) is 56.2 Å². The number of carboxylic acids is 1. The molecule has 0 radical (unpaired) electrons. The number of carbonyl (C=O) groups is 1. The number of benzene rings is 1. The van der Waals surface area contributed by atoms with E-state index in [-0.39, 0.29) is 0 Å². The Kier molecular flexibility index (Phi) is 5.79. The van der Waals surface area contributed by atoms with Crippen molar-refractivity contribution in [3.05, 3.63) is 24.3 Å². The molecule has 7 rings (SSSR count). The van der Waals surface area contributed by atoms with Crippen molar-refractivity contribution in [3.63, 3.8) is 0 Å². The van der Waals surface area contributed by atoms with Gasteiger partial charge in [0.2, 0.25) is 5.95 Å². The molecule has 8 atom stereocenters.